The lowest BCUT2D eigenvalue weighted by molar-refractivity contribution is -0.113. The fourth-order valence-corrected chi connectivity index (χ4v) is 3.26. The number of methoxy groups -OCH3 is 2. The summed E-state index contributed by atoms with van der Waals surface area (Å²) in [6, 6.07) is 13.0. The first-order valence-corrected chi connectivity index (χ1v) is 10.1. The van der Waals surface area contributed by atoms with E-state index in [-0.39, 0.29) is 22.4 Å². The number of benzene rings is 2. The minimum atomic E-state index is -0.317. The molecule has 0 fully saturated rings. The van der Waals surface area contributed by atoms with Crippen LogP contribution in [0.5, 0.6) is 11.5 Å². The number of thioether (sulfide) groups is 1. The monoisotopic (exact) mass is 426 g/mol. The third kappa shape index (κ3) is 5.60. The number of aromatic amines is 1. The number of anilines is 1. The van der Waals surface area contributed by atoms with E-state index in [1.165, 1.54) is 7.11 Å². The summed E-state index contributed by atoms with van der Waals surface area (Å²) < 4.78 is 10.4. The molecular weight excluding hydrogens is 404 g/mol. The van der Waals surface area contributed by atoms with Crippen LogP contribution >= 0.6 is 11.8 Å². The minimum absolute atomic E-state index is 0.0439. The number of amides is 1. The van der Waals surface area contributed by atoms with E-state index in [1.807, 2.05) is 31.2 Å². The van der Waals surface area contributed by atoms with Crippen LogP contribution in [-0.4, -0.2) is 41.1 Å². The number of carbonyl (C=O) groups excluding carboxylic acids is 1. The van der Waals surface area contributed by atoms with E-state index in [9.17, 15) is 9.59 Å². The number of rotatable bonds is 8. The van der Waals surface area contributed by atoms with E-state index in [1.54, 1.807) is 25.3 Å². The number of aryl methyl sites for hydroxylation is 1. The molecule has 8 nitrogen and oxygen atoms in total. The van der Waals surface area contributed by atoms with E-state index in [0.717, 1.165) is 22.9 Å². The van der Waals surface area contributed by atoms with Crippen molar-refractivity contribution in [2.24, 2.45) is 0 Å². The molecular formula is C21H22N4O4S. The second kappa shape index (κ2) is 9.93. The molecule has 0 radical (unpaired) electrons. The molecule has 0 spiro atoms. The number of hydrogen-bond acceptors (Lipinski definition) is 7. The maximum Gasteiger partial charge on any atom is 0.273 e. The maximum atomic E-state index is 12.3. The summed E-state index contributed by atoms with van der Waals surface area (Å²) in [6.07, 6.45) is 0.393. The molecule has 0 saturated carbocycles. The fraction of sp³-hybridized carbons (Fsp3) is 0.238. The largest absolute Gasteiger partial charge is 0.497 e. The van der Waals surface area contributed by atoms with Crippen LogP contribution in [0.4, 0.5) is 5.69 Å². The second-order valence-corrected chi connectivity index (χ2v) is 7.44. The Balaban J connectivity index is 1.60. The Morgan fingerprint density at radius 1 is 1.10 bits per heavy atom. The topological polar surface area (TPSA) is 106 Å². The molecule has 1 aromatic heterocycles. The minimum Gasteiger partial charge on any atom is -0.497 e. The highest BCUT2D eigenvalue weighted by molar-refractivity contribution is 7.99. The Hall–Kier alpha value is -3.33. The van der Waals surface area contributed by atoms with E-state index in [4.69, 9.17) is 9.47 Å². The summed E-state index contributed by atoms with van der Waals surface area (Å²) in [4.78, 5) is 27.3. The van der Waals surface area contributed by atoms with Crippen molar-refractivity contribution < 1.29 is 14.3 Å². The van der Waals surface area contributed by atoms with Gasteiger partial charge in [-0.05, 0) is 24.6 Å². The normalized spacial score (nSPS) is 10.5. The zero-order chi connectivity index (χ0) is 21.5. The zero-order valence-electron chi connectivity index (χ0n) is 16.9. The van der Waals surface area contributed by atoms with Gasteiger partial charge < -0.3 is 14.8 Å². The number of carbonyl (C=O) groups is 1. The number of nitrogens with zero attached hydrogens (tertiary/aromatic N) is 2. The SMILES string of the molecule is COc1ccc(OC)c(NC(=O)CSc2nnc(Cc3ccc(C)cc3)c(=O)[nH]2)c1. The highest BCUT2D eigenvalue weighted by atomic mass is 32.2. The molecule has 2 aromatic carbocycles. The quantitative estimate of drug-likeness (QED) is 0.534. The lowest BCUT2D eigenvalue weighted by Gasteiger charge is -2.11. The van der Waals surface area contributed by atoms with Gasteiger partial charge in [-0.25, -0.2) is 0 Å². The summed E-state index contributed by atoms with van der Waals surface area (Å²) in [5, 5.41) is 11.1. The summed E-state index contributed by atoms with van der Waals surface area (Å²) in [5.41, 5.74) is 2.63. The standard InChI is InChI=1S/C21H22N4O4S/c1-13-4-6-14(7-5-13)10-17-20(27)23-21(25-24-17)30-12-19(26)22-16-11-15(28-2)8-9-18(16)29-3/h4-9,11H,10,12H2,1-3H3,(H,22,26)(H,23,25,27). The smallest absolute Gasteiger partial charge is 0.273 e. The van der Waals surface area contributed by atoms with Crippen LogP contribution < -0.4 is 20.3 Å². The number of H-pyrrole nitrogens is 1. The van der Waals surface area contributed by atoms with Gasteiger partial charge in [-0.15, -0.1) is 10.2 Å². The van der Waals surface area contributed by atoms with Gasteiger partial charge in [0.15, 0.2) is 5.16 Å². The van der Waals surface area contributed by atoms with E-state index < -0.39 is 0 Å². The van der Waals surface area contributed by atoms with Gasteiger partial charge >= 0.3 is 0 Å². The van der Waals surface area contributed by atoms with Crippen LogP contribution in [0, 0.1) is 6.92 Å². The number of hydrogen-bond donors (Lipinski definition) is 2. The zero-order valence-corrected chi connectivity index (χ0v) is 17.7. The molecule has 0 bridgehead atoms. The predicted octanol–water partition coefficient (Wildman–Crippen LogP) is 2.81. The van der Waals surface area contributed by atoms with E-state index in [0.29, 0.717) is 29.3 Å². The van der Waals surface area contributed by atoms with Gasteiger partial charge in [-0.3, -0.25) is 14.6 Å². The van der Waals surface area contributed by atoms with Crippen molar-refractivity contribution in [1.82, 2.24) is 15.2 Å². The molecule has 30 heavy (non-hydrogen) atoms. The first kappa shape index (κ1) is 21.4. The van der Waals surface area contributed by atoms with Gasteiger partial charge in [-0.2, -0.15) is 0 Å². The number of aromatic nitrogens is 3. The molecule has 0 aliphatic rings. The van der Waals surface area contributed by atoms with Crippen molar-refractivity contribution in [3.63, 3.8) is 0 Å². The summed E-state index contributed by atoms with van der Waals surface area (Å²) in [5.74, 6) is 0.876. The Morgan fingerprint density at radius 2 is 1.87 bits per heavy atom. The summed E-state index contributed by atoms with van der Waals surface area (Å²) in [7, 11) is 3.06. The molecule has 0 saturated heterocycles. The van der Waals surface area contributed by atoms with Crippen molar-refractivity contribution in [2.45, 2.75) is 18.5 Å². The highest BCUT2D eigenvalue weighted by Crippen LogP contribution is 2.29. The van der Waals surface area contributed by atoms with Gasteiger partial charge in [-0.1, -0.05) is 41.6 Å². The molecule has 2 N–H and O–H groups in total. The van der Waals surface area contributed by atoms with Gasteiger partial charge in [0, 0.05) is 12.5 Å². The Morgan fingerprint density at radius 3 is 2.53 bits per heavy atom. The molecule has 0 atom stereocenters. The van der Waals surface area contributed by atoms with Crippen molar-refractivity contribution >= 4 is 23.4 Å². The molecule has 1 heterocycles. The van der Waals surface area contributed by atoms with Gasteiger partial charge in [0.05, 0.1) is 25.7 Å². The van der Waals surface area contributed by atoms with Crippen molar-refractivity contribution in [1.29, 1.82) is 0 Å². The highest BCUT2D eigenvalue weighted by Gasteiger charge is 2.12. The number of ether oxygens (including phenoxy) is 2. The summed E-state index contributed by atoms with van der Waals surface area (Å²) >= 11 is 1.09. The first-order chi connectivity index (χ1) is 14.5. The second-order valence-electron chi connectivity index (χ2n) is 6.47. The lowest BCUT2D eigenvalue weighted by Crippen LogP contribution is -2.19. The van der Waals surface area contributed by atoms with E-state index in [2.05, 4.69) is 20.5 Å². The number of nitrogens with one attached hydrogen (secondary N) is 2. The molecule has 3 rings (SSSR count). The van der Waals surface area contributed by atoms with Crippen molar-refractivity contribution in [2.75, 3.05) is 25.3 Å². The molecule has 9 heteroatoms. The average Bonchev–Trinajstić information content (AvgIpc) is 2.75. The van der Waals surface area contributed by atoms with Crippen molar-refractivity contribution in [3.05, 3.63) is 69.6 Å². The van der Waals surface area contributed by atoms with Gasteiger partial charge in [0.25, 0.3) is 5.56 Å². The molecule has 156 valence electrons. The molecule has 1 amide bonds. The van der Waals surface area contributed by atoms with Crippen LogP contribution in [0.2, 0.25) is 0 Å². The summed E-state index contributed by atoms with van der Waals surface area (Å²) in [6.45, 7) is 2.00. The van der Waals surface area contributed by atoms with Gasteiger partial charge in [0.2, 0.25) is 5.91 Å². The molecule has 3 aromatic rings. The van der Waals surface area contributed by atoms with Gasteiger partial charge in [0.1, 0.15) is 17.2 Å². The predicted molar refractivity (Wildman–Crippen MR) is 116 cm³/mol. The average molecular weight is 426 g/mol. The van der Waals surface area contributed by atoms with Crippen LogP contribution in [0.1, 0.15) is 16.8 Å². The molecule has 0 aliphatic carbocycles. The molecule has 0 unspecified atom stereocenters. The van der Waals surface area contributed by atoms with Crippen LogP contribution in [-0.2, 0) is 11.2 Å². The third-order valence-electron chi connectivity index (χ3n) is 4.26. The fourth-order valence-electron chi connectivity index (χ4n) is 2.66. The Labute approximate surface area is 178 Å². The van der Waals surface area contributed by atoms with Crippen LogP contribution in [0.3, 0.4) is 0 Å². The maximum absolute atomic E-state index is 12.3. The third-order valence-corrected chi connectivity index (χ3v) is 5.12. The van der Waals surface area contributed by atoms with E-state index >= 15 is 0 Å². The van der Waals surface area contributed by atoms with Crippen LogP contribution in [0.25, 0.3) is 0 Å². The Kier molecular flexibility index (Phi) is 7.08. The van der Waals surface area contributed by atoms with Crippen molar-refractivity contribution in [3.8, 4) is 11.5 Å². The first-order valence-electron chi connectivity index (χ1n) is 9.14. The lowest BCUT2D eigenvalue weighted by atomic mass is 10.1. The molecule has 0 aliphatic heterocycles. The van der Waals surface area contributed by atoms with Crippen LogP contribution in [0.15, 0.2) is 52.4 Å². The Bertz CT molecular complexity index is 1080.